The van der Waals surface area contributed by atoms with Crippen molar-refractivity contribution in [3.05, 3.63) is 0 Å². The molecule has 1 amide bonds. The number of fused-ring (bicyclic) bond motifs is 1. The fourth-order valence-electron chi connectivity index (χ4n) is 3.80. The number of hydrogen-bond acceptors (Lipinski definition) is 1. The summed E-state index contributed by atoms with van der Waals surface area (Å²) >= 11 is 0. The molecule has 96 valence electrons. The predicted molar refractivity (Wildman–Crippen MR) is 68.5 cm³/mol. The maximum Gasteiger partial charge on any atom is 0.225 e. The molecule has 0 spiro atoms. The highest BCUT2D eigenvalue weighted by molar-refractivity contribution is 5.79. The molecule has 1 aliphatic heterocycles. The molecule has 0 aromatic carbocycles. The second-order valence-electron chi connectivity index (χ2n) is 6.91. The second-order valence-corrected chi connectivity index (χ2v) is 6.91. The van der Waals surface area contributed by atoms with Crippen molar-refractivity contribution < 1.29 is 4.79 Å². The van der Waals surface area contributed by atoms with Crippen molar-refractivity contribution in [1.82, 2.24) is 4.90 Å². The minimum absolute atomic E-state index is 0.393. The molecular formula is C15H25NO. The van der Waals surface area contributed by atoms with Gasteiger partial charge in [0.05, 0.1) is 0 Å². The Morgan fingerprint density at radius 2 is 1.76 bits per heavy atom. The molecule has 2 aliphatic carbocycles. The number of rotatable bonds is 2. The first-order chi connectivity index (χ1) is 8.11. The molecule has 1 saturated heterocycles. The molecule has 0 radical (unpaired) electrons. The zero-order chi connectivity index (χ0) is 12.0. The van der Waals surface area contributed by atoms with Crippen LogP contribution in [0.5, 0.6) is 0 Å². The van der Waals surface area contributed by atoms with Gasteiger partial charge >= 0.3 is 0 Å². The third-order valence-corrected chi connectivity index (χ3v) is 5.73. The van der Waals surface area contributed by atoms with Gasteiger partial charge in [-0.2, -0.15) is 0 Å². The highest BCUT2D eigenvalue weighted by atomic mass is 16.2. The van der Waals surface area contributed by atoms with Crippen molar-refractivity contribution in [2.45, 2.75) is 52.4 Å². The van der Waals surface area contributed by atoms with E-state index in [1.807, 2.05) is 0 Å². The Balaban J connectivity index is 1.54. The molecule has 3 aliphatic rings. The van der Waals surface area contributed by atoms with E-state index >= 15 is 0 Å². The smallest absolute Gasteiger partial charge is 0.225 e. The minimum atomic E-state index is 0.393. The van der Waals surface area contributed by atoms with E-state index in [4.69, 9.17) is 0 Å². The summed E-state index contributed by atoms with van der Waals surface area (Å²) < 4.78 is 0. The van der Waals surface area contributed by atoms with Crippen LogP contribution >= 0.6 is 0 Å². The maximum atomic E-state index is 12.4. The quantitative estimate of drug-likeness (QED) is 0.720. The number of carbonyl (C=O) groups excluding carboxylic acids is 1. The predicted octanol–water partition coefficient (Wildman–Crippen LogP) is 3.07. The van der Waals surface area contributed by atoms with Gasteiger partial charge in [-0.25, -0.2) is 0 Å². The van der Waals surface area contributed by atoms with Gasteiger partial charge in [-0.1, -0.05) is 20.3 Å². The average molecular weight is 235 g/mol. The zero-order valence-electron chi connectivity index (χ0n) is 11.2. The lowest BCUT2D eigenvalue weighted by Crippen LogP contribution is -2.44. The minimum Gasteiger partial charge on any atom is -0.342 e. The normalized spacial score (nSPS) is 38.9. The monoisotopic (exact) mass is 235 g/mol. The Labute approximate surface area is 105 Å². The molecular weight excluding hydrogens is 210 g/mol. The van der Waals surface area contributed by atoms with Gasteiger partial charge in [0.2, 0.25) is 5.91 Å². The van der Waals surface area contributed by atoms with Crippen LogP contribution in [0.2, 0.25) is 0 Å². The standard InChI is InChI=1S/C15H25NO/c1-3-15(2)4-6-16(7-5-15)14(17)13-9-11-8-12(11)10-13/h11-13H,3-10H2,1-2H3. The Hall–Kier alpha value is -0.530. The summed E-state index contributed by atoms with van der Waals surface area (Å²) in [4.78, 5) is 14.6. The highest BCUT2D eigenvalue weighted by Crippen LogP contribution is 2.54. The van der Waals surface area contributed by atoms with Crippen LogP contribution in [0, 0.1) is 23.2 Å². The van der Waals surface area contributed by atoms with E-state index in [9.17, 15) is 4.79 Å². The fourth-order valence-corrected chi connectivity index (χ4v) is 3.80. The van der Waals surface area contributed by atoms with Crippen LogP contribution in [-0.2, 0) is 4.79 Å². The van der Waals surface area contributed by atoms with Crippen molar-refractivity contribution in [3.63, 3.8) is 0 Å². The van der Waals surface area contributed by atoms with Gasteiger partial charge in [-0.15, -0.1) is 0 Å². The van der Waals surface area contributed by atoms with Gasteiger partial charge < -0.3 is 4.90 Å². The van der Waals surface area contributed by atoms with Gasteiger partial charge in [-0.05, 0) is 49.4 Å². The maximum absolute atomic E-state index is 12.4. The Morgan fingerprint density at radius 1 is 1.18 bits per heavy atom. The Kier molecular flexibility index (Phi) is 2.72. The highest BCUT2D eigenvalue weighted by Gasteiger charge is 2.49. The van der Waals surface area contributed by atoms with Gasteiger partial charge in [0.25, 0.3) is 0 Å². The van der Waals surface area contributed by atoms with E-state index in [-0.39, 0.29) is 0 Å². The Bertz CT molecular complexity index is 307. The first-order valence-corrected chi connectivity index (χ1v) is 7.40. The summed E-state index contributed by atoms with van der Waals surface area (Å²) in [5.74, 6) is 2.73. The molecule has 0 N–H and O–H groups in total. The average Bonchev–Trinajstić information content (AvgIpc) is 2.96. The van der Waals surface area contributed by atoms with Crippen molar-refractivity contribution in [2.24, 2.45) is 23.2 Å². The topological polar surface area (TPSA) is 20.3 Å². The SMILES string of the molecule is CCC1(C)CCN(C(=O)C2CC3CC3C2)CC1. The number of piperidine rings is 1. The van der Waals surface area contributed by atoms with E-state index in [2.05, 4.69) is 18.7 Å². The lowest BCUT2D eigenvalue weighted by atomic mass is 9.78. The summed E-state index contributed by atoms with van der Waals surface area (Å²) in [6.07, 6.45) is 7.47. The zero-order valence-corrected chi connectivity index (χ0v) is 11.2. The summed E-state index contributed by atoms with van der Waals surface area (Å²) in [5, 5.41) is 0. The van der Waals surface area contributed by atoms with Crippen LogP contribution < -0.4 is 0 Å². The first kappa shape index (κ1) is 11.6. The first-order valence-electron chi connectivity index (χ1n) is 7.40. The molecule has 2 unspecified atom stereocenters. The molecule has 3 fully saturated rings. The van der Waals surface area contributed by atoms with Gasteiger partial charge in [0.1, 0.15) is 0 Å². The molecule has 2 nitrogen and oxygen atoms in total. The van der Waals surface area contributed by atoms with E-state index < -0.39 is 0 Å². The van der Waals surface area contributed by atoms with Crippen LogP contribution in [0.3, 0.4) is 0 Å². The van der Waals surface area contributed by atoms with Crippen molar-refractivity contribution >= 4 is 5.91 Å². The third-order valence-electron chi connectivity index (χ3n) is 5.73. The summed E-state index contributed by atoms with van der Waals surface area (Å²) in [6.45, 7) is 6.67. The number of hydrogen-bond donors (Lipinski definition) is 0. The Morgan fingerprint density at radius 3 is 2.29 bits per heavy atom. The van der Waals surface area contributed by atoms with E-state index in [1.54, 1.807) is 0 Å². The van der Waals surface area contributed by atoms with Crippen molar-refractivity contribution in [2.75, 3.05) is 13.1 Å². The van der Waals surface area contributed by atoms with E-state index in [1.165, 1.54) is 38.5 Å². The number of amides is 1. The molecule has 0 aromatic rings. The molecule has 2 atom stereocenters. The molecule has 2 saturated carbocycles. The van der Waals surface area contributed by atoms with Crippen LogP contribution in [0.4, 0.5) is 0 Å². The third kappa shape index (κ3) is 2.11. The van der Waals surface area contributed by atoms with E-state index in [0.29, 0.717) is 17.2 Å². The number of carbonyl (C=O) groups is 1. The largest absolute Gasteiger partial charge is 0.342 e. The molecule has 1 heterocycles. The lowest BCUT2D eigenvalue weighted by Gasteiger charge is -2.40. The molecule has 17 heavy (non-hydrogen) atoms. The summed E-state index contributed by atoms with van der Waals surface area (Å²) in [6, 6.07) is 0. The molecule has 2 heteroatoms. The molecule has 0 bridgehead atoms. The summed E-state index contributed by atoms with van der Waals surface area (Å²) in [7, 11) is 0. The van der Waals surface area contributed by atoms with Crippen molar-refractivity contribution in [3.8, 4) is 0 Å². The van der Waals surface area contributed by atoms with Gasteiger partial charge in [0, 0.05) is 19.0 Å². The van der Waals surface area contributed by atoms with Crippen LogP contribution in [-0.4, -0.2) is 23.9 Å². The second kappa shape index (κ2) is 4.00. The van der Waals surface area contributed by atoms with E-state index in [0.717, 1.165) is 24.9 Å². The molecule has 3 rings (SSSR count). The van der Waals surface area contributed by atoms with Crippen LogP contribution in [0.1, 0.15) is 52.4 Å². The van der Waals surface area contributed by atoms with Gasteiger partial charge in [0.15, 0.2) is 0 Å². The van der Waals surface area contributed by atoms with Gasteiger partial charge in [-0.3, -0.25) is 4.79 Å². The van der Waals surface area contributed by atoms with Crippen molar-refractivity contribution in [1.29, 1.82) is 0 Å². The van der Waals surface area contributed by atoms with Crippen LogP contribution in [0.25, 0.3) is 0 Å². The molecule has 0 aromatic heterocycles. The van der Waals surface area contributed by atoms with Crippen LogP contribution in [0.15, 0.2) is 0 Å². The fraction of sp³-hybridized carbons (Fsp3) is 0.933. The lowest BCUT2D eigenvalue weighted by molar-refractivity contribution is -0.137. The summed E-state index contributed by atoms with van der Waals surface area (Å²) in [5.41, 5.74) is 0.495. The number of likely N-dealkylation sites (tertiary alicyclic amines) is 1. The number of nitrogens with zero attached hydrogens (tertiary/aromatic N) is 1.